The monoisotopic (exact) mass is 312 g/mol. The van der Waals surface area contributed by atoms with E-state index in [1.165, 1.54) is 7.05 Å². The molecule has 0 heterocycles. The zero-order valence-electron chi connectivity index (χ0n) is 13.3. The number of carbonyl (C=O) groups is 2. The summed E-state index contributed by atoms with van der Waals surface area (Å²) in [6.45, 7) is 2.04. The number of hydrogen-bond acceptors (Lipinski definition) is 2. The van der Waals surface area contributed by atoms with Gasteiger partial charge in [-0.1, -0.05) is 60.7 Å². The van der Waals surface area contributed by atoms with Crippen molar-refractivity contribution in [2.24, 2.45) is 0 Å². The Kier molecular flexibility index (Phi) is 5.88. The molecule has 0 fully saturated rings. The summed E-state index contributed by atoms with van der Waals surface area (Å²) in [6.07, 6.45) is 0. The van der Waals surface area contributed by atoms with Gasteiger partial charge in [0.05, 0.1) is 0 Å². The minimum Gasteiger partial charge on any atom is -0.341 e. The summed E-state index contributed by atoms with van der Waals surface area (Å²) in [6, 6.07) is 18.5. The predicted molar refractivity (Wildman–Crippen MR) is 88.6 cm³/mol. The molecule has 0 aliphatic rings. The molecule has 4 N–H and O–H groups in total. The Labute approximate surface area is 136 Å². The first kappa shape index (κ1) is 16.7. The smallest absolute Gasteiger partial charge is 0.321 e. The van der Waals surface area contributed by atoms with Gasteiger partial charge in [0.25, 0.3) is 5.91 Å². The highest BCUT2D eigenvalue weighted by Crippen LogP contribution is 2.13. The van der Waals surface area contributed by atoms with Crippen LogP contribution in [0.5, 0.6) is 0 Å². The third-order valence-corrected chi connectivity index (χ3v) is 3.71. The van der Waals surface area contributed by atoms with E-state index < -0.39 is 12.1 Å². The molecular formula is C18H22N3O2+. The fraction of sp³-hybridized carbons (Fsp3) is 0.222. The molecule has 0 spiro atoms. The minimum absolute atomic E-state index is 0.0804. The third-order valence-electron chi connectivity index (χ3n) is 3.71. The maximum absolute atomic E-state index is 12.5. The average molecular weight is 312 g/mol. The van der Waals surface area contributed by atoms with Gasteiger partial charge in [-0.3, -0.25) is 10.1 Å². The maximum atomic E-state index is 12.5. The van der Waals surface area contributed by atoms with E-state index >= 15 is 0 Å². The molecule has 2 atom stereocenters. The summed E-state index contributed by atoms with van der Waals surface area (Å²) in [5.74, 6) is -0.335. The molecule has 2 rings (SSSR count). The molecule has 0 radical (unpaired) electrons. The normalized spacial score (nSPS) is 13.0. The molecule has 5 heteroatoms. The molecule has 3 amide bonds. The second kappa shape index (κ2) is 8.10. The van der Waals surface area contributed by atoms with Crippen LogP contribution in [0.15, 0.2) is 60.7 Å². The second-order valence-corrected chi connectivity index (χ2v) is 5.35. The molecule has 120 valence electrons. The molecular weight excluding hydrogens is 290 g/mol. The number of rotatable bonds is 5. The van der Waals surface area contributed by atoms with Crippen LogP contribution in [-0.4, -0.2) is 19.0 Å². The Balaban J connectivity index is 2.20. The fourth-order valence-electron chi connectivity index (χ4n) is 2.42. The van der Waals surface area contributed by atoms with E-state index in [4.69, 9.17) is 0 Å². The molecule has 0 aliphatic heterocycles. The topological polar surface area (TPSA) is 74.8 Å². The lowest BCUT2D eigenvalue weighted by atomic mass is 10.0. The summed E-state index contributed by atoms with van der Waals surface area (Å²) in [5.41, 5.74) is 1.98. The van der Waals surface area contributed by atoms with E-state index in [1.54, 1.807) is 0 Å². The highest BCUT2D eigenvalue weighted by molar-refractivity contribution is 5.96. The Morgan fingerprint density at radius 3 is 1.96 bits per heavy atom. The number of nitrogens with one attached hydrogen (secondary N) is 2. The number of amides is 3. The van der Waals surface area contributed by atoms with E-state index in [0.717, 1.165) is 11.1 Å². The SMILES string of the molecule is CNC(=O)NC(=O)[C@@H]([NH2+][C@@H](C)c1ccccc1)c1ccccc1. The van der Waals surface area contributed by atoms with Crippen molar-refractivity contribution in [3.8, 4) is 0 Å². The van der Waals surface area contributed by atoms with Crippen molar-refractivity contribution in [1.82, 2.24) is 10.6 Å². The van der Waals surface area contributed by atoms with Gasteiger partial charge < -0.3 is 10.6 Å². The molecule has 0 saturated carbocycles. The number of imide groups is 1. The van der Waals surface area contributed by atoms with E-state index in [0.29, 0.717) is 0 Å². The largest absolute Gasteiger partial charge is 0.341 e. The molecule has 5 nitrogen and oxygen atoms in total. The molecule has 23 heavy (non-hydrogen) atoms. The number of nitrogens with two attached hydrogens (primary N) is 1. The third kappa shape index (κ3) is 4.66. The van der Waals surface area contributed by atoms with Crippen molar-refractivity contribution >= 4 is 11.9 Å². The van der Waals surface area contributed by atoms with Crippen molar-refractivity contribution in [2.45, 2.75) is 19.0 Å². The van der Waals surface area contributed by atoms with Crippen LogP contribution >= 0.6 is 0 Å². The summed E-state index contributed by atoms with van der Waals surface area (Å²) in [7, 11) is 1.48. The summed E-state index contributed by atoms with van der Waals surface area (Å²) < 4.78 is 0. The van der Waals surface area contributed by atoms with Gasteiger partial charge >= 0.3 is 6.03 Å². The van der Waals surface area contributed by atoms with Gasteiger partial charge in [0.15, 0.2) is 6.04 Å². The molecule has 0 saturated heterocycles. The zero-order chi connectivity index (χ0) is 16.7. The highest BCUT2D eigenvalue weighted by Gasteiger charge is 2.27. The van der Waals surface area contributed by atoms with Gasteiger partial charge in [-0.25, -0.2) is 4.79 Å². The lowest BCUT2D eigenvalue weighted by molar-refractivity contribution is -0.719. The number of carbonyl (C=O) groups excluding carboxylic acids is 2. The molecule has 0 unspecified atom stereocenters. The number of benzene rings is 2. The van der Waals surface area contributed by atoms with E-state index in [-0.39, 0.29) is 11.9 Å². The van der Waals surface area contributed by atoms with Crippen LogP contribution < -0.4 is 16.0 Å². The molecule has 0 bridgehead atoms. The Morgan fingerprint density at radius 1 is 0.913 bits per heavy atom. The number of urea groups is 1. The summed E-state index contributed by atoms with van der Waals surface area (Å²) in [5, 5.41) is 6.73. The summed E-state index contributed by atoms with van der Waals surface area (Å²) in [4.78, 5) is 23.9. The van der Waals surface area contributed by atoms with Crippen molar-refractivity contribution in [3.05, 3.63) is 71.8 Å². The van der Waals surface area contributed by atoms with Crippen LogP contribution in [0, 0.1) is 0 Å². The molecule has 2 aromatic carbocycles. The first-order valence-electron chi connectivity index (χ1n) is 7.59. The van der Waals surface area contributed by atoms with Gasteiger partial charge in [-0.15, -0.1) is 0 Å². The van der Waals surface area contributed by atoms with Crippen LogP contribution in [0.2, 0.25) is 0 Å². The fourth-order valence-corrected chi connectivity index (χ4v) is 2.42. The van der Waals surface area contributed by atoms with Crippen molar-refractivity contribution in [3.63, 3.8) is 0 Å². The minimum atomic E-state index is -0.503. The molecule has 0 aromatic heterocycles. The highest BCUT2D eigenvalue weighted by atomic mass is 16.2. The van der Waals surface area contributed by atoms with Crippen LogP contribution in [0.1, 0.15) is 30.1 Å². The molecule has 0 aliphatic carbocycles. The predicted octanol–water partition coefficient (Wildman–Crippen LogP) is 1.51. The van der Waals surface area contributed by atoms with Crippen LogP contribution in [0.4, 0.5) is 4.79 Å². The summed E-state index contributed by atoms with van der Waals surface area (Å²) >= 11 is 0. The Hall–Kier alpha value is -2.66. The van der Waals surface area contributed by atoms with Gasteiger partial charge in [0.1, 0.15) is 6.04 Å². The van der Waals surface area contributed by atoms with Gasteiger partial charge in [0.2, 0.25) is 0 Å². The lowest BCUT2D eigenvalue weighted by Gasteiger charge is -2.20. The van der Waals surface area contributed by atoms with Crippen LogP contribution in [0.3, 0.4) is 0 Å². The van der Waals surface area contributed by atoms with Gasteiger partial charge in [-0.2, -0.15) is 0 Å². The van der Waals surface area contributed by atoms with Crippen LogP contribution in [0.25, 0.3) is 0 Å². The zero-order valence-corrected chi connectivity index (χ0v) is 13.3. The second-order valence-electron chi connectivity index (χ2n) is 5.35. The molecule has 2 aromatic rings. The van der Waals surface area contributed by atoms with E-state index in [2.05, 4.69) is 10.6 Å². The van der Waals surface area contributed by atoms with E-state index in [1.807, 2.05) is 72.9 Å². The number of hydrogen-bond donors (Lipinski definition) is 3. The standard InChI is InChI=1S/C18H21N3O2/c1-13(14-9-5-3-6-10-14)20-16(15-11-7-4-8-12-15)17(22)21-18(23)19-2/h3-13,16,20H,1-2H3,(H2,19,21,22,23)/p+1/t13-,16-/m0/s1. The van der Waals surface area contributed by atoms with E-state index in [9.17, 15) is 9.59 Å². The van der Waals surface area contributed by atoms with Gasteiger partial charge in [-0.05, 0) is 6.92 Å². The quantitative estimate of drug-likeness (QED) is 0.783. The first-order valence-corrected chi connectivity index (χ1v) is 7.59. The van der Waals surface area contributed by atoms with Crippen molar-refractivity contribution in [2.75, 3.05) is 7.05 Å². The van der Waals surface area contributed by atoms with Crippen LogP contribution in [-0.2, 0) is 4.79 Å². The van der Waals surface area contributed by atoms with Crippen molar-refractivity contribution in [1.29, 1.82) is 0 Å². The first-order chi connectivity index (χ1) is 11.1. The lowest BCUT2D eigenvalue weighted by Crippen LogP contribution is -2.88. The number of quaternary nitrogens is 1. The Bertz CT molecular complexity index is 644. The Morgan fingerprint density at radius 2 is 1.43 bits per heavy atom. The maximum Gasteiger partial charge on any atom is 0.321 e. The average Bonchev–Trinajstić information content (AvgIpc) is 2.60. The van der Waals surface area contributed by atoms with Gasteiger partial charge in [0, 0.05) is 18.2 Å². The van der Waals surface area contributed by atoms with Crippen molar-refractivity contribution < 1.29 is 14.9 Å².